The summed E-state index contributed by atoms with van der Waals surface area (Å²) in [6.45, 7) is 6.64. The number of piperidine rings is 1. The number of hydrogen-bond donors (Lipinski definition) is 0. The van der Waals surface area contributed by atoms with Gasteiger partial charge in [-0.3, -0.25) is 4.90 Å². The van der Waals surface area contributed by atoms with Crippen molar-refractivity contribution in [3.05, 3.63) is 24.2 Å². The Bertz CT molecular complexity index is 440. The highest BCUT2D eigenvalue weighted by atomic mass is 16.3. The lowest BCUT2D eigenvalue weighted by molar-refractivity contribution is 0.125. The van der Waals surface area contributed by atoms with E-state index in [4.69, 9.17) is 4.42 Å². The lowest BCUT2D eigenvalue weighted by atomic mass is 9.95. The van der Waals surface area contributed by atoms with Crippen molar-refractivity contribution in [3.8, 4) is 0 Å². The molecular weight excluding hydrogens is 260 g/mol. The van der Waals surface area contributed by atoms with Crippen molar-refractivity contribution in [1.29, 1.82) is 0 Å². The number of furan rings is 1. The van der Waals surface area contributed by atoms with Crippen molar-refractivity contribution >= 4 is 0 Å². The second-order valence-corrected chi connectivity index (χ2v) is 7.44. The average molecular weight is 288 g/mol. The minimum atomic E-state index is 0.841. The van der Waals surface area contributed by atoms with Gasteiger partial charge in [0.05, 0.1) is 6.26 Å². The van der Waals surface area contributed by atoms with Crippen LogP contribution in [0.4, 0.5) is 0 Å². The maximum atomic E-state index is 5.44. The molecule has 2 atom stereocenters. The van der Waals surface area contributed by atoms with Gasteiger partial charge in [-0.25, -0.2) is 0 Å². The molecule has 5 rings (SSSR count). The van der Waals surface area contributed by atoms with Gasteiger partial charge in [0.1, 0.15) is 5.76 Å². The molecule has 4 aliphatic rings. The summed E-state index contributed by atoms with van der Waals surface area (Å²) in [4.78, 5) is 5.57. The van der Waals surface area contributed by atoms with Gasteiger partial charge in [0.2, 0.25) is 0 Å². The molecule has 0 spiro atoms. The molecule has 116 valence electrons. The van der Waals surface area contributed by atoms with Crippen LogP contribution in [0.5, 0.6) is 0 Å². The Morgan fingerprint density at radius 3 is 2.86 bits per heavy atom. The van der Waals surface area contributed by atoms with Crippen LogP contribution in [-0.2, 0) is 6.42 Å². The van der Waals surface area contributed by atoms with Crippen LogP contribution in [0.3, 0.4) is 0 Å². The van der Waals surface area contributed by atoms with E-state index in [0.29, 0.717) is 0 Å². The van der Waals surface area contributed by atoms with Gasteiger partial charge in [-0.05, 0) is 62.6 Å². The maximum absolute atomic E-state index is 5.44. The molecule has 3 aliphatic heterocycles. The van der Waals surface area contributed by atoms with E-state index in [1.54, 1.807) is 6.26 Å². The molecule has 0 radical (unpaired) electrons. The Kier molecular flexibility index (Phi) is 4.04. The van der Waals surface area contributed by atoms with E-state index in [1.807, 2.05) is 6.07 Å². The molecule has 0 unspecified atom stereocenters. The molecule has 4 heterocycles. The topological polar surface area (TPSA) is 19.6 Å². The van der Waals surface area contributed by atoms with Gasteiger partial charge in [0.25, 0.3) is 0 Å². The molecule has 1 saturated carbocycles. The minimum Gasteiger partial charge on any atom is -0.469 e. The molecule has 21 heavy (non-hydrogen) atoms. The zero-order valence-electron chi connectivity index (χ0n) is 13.0. The van der Waals surface area contributed by atoms with E-state index in [0.717, 1.165) is 30.1 Å². The van der Waals surface area contributed by atoms with Crippen LogP contribution in [-0.4, -0.2) is 48.6 Å². The first-order valence-electron chi connectivity index (χ1n) is 8.85. The lowest BCUT2D eigenvalue weighted by Gasteiger charge is -2.36. The van der Waals surface area contributed by atoms with Crippen LogP contribution >= 0.6 is 0 Å². The summed E-state index contributed by atoms with van der Waals surface area (Å²) in [5, 5.41) is 0. The summed E-state index contributed by atoms with van der Waals surface area (Å²) in [6.07, 6.45) is 9.98. The number of fused-ring (bicyclic) bond motifs is 4. The van der Waals surface area contributed by atoms with E-state index in [2.05, 4.69) is 15.9 Å². The van der Waals surface area contributed by atoms with Gasteiger partial charge < -0.3 is 9.32 Å². The van der Waals surface area contributed by atoms with E-state index in [1.165, 1.54) is 64.8 Å². The molecule has 0 amide bonds. The summed E-state index contributed by atoms with van der Waals surface area (Å²) < 4.78 is 5.44. The number of rotatable bonds is 6. The van der Waals surface area contributed by atoms with Crippen LogP contribution in [0.25, 0.3) is 0 Å². The highest BCUT2D eigenvalue weighted by Gasteiger charge is 2.36. The third-order valence-electron chi connectivity index (χ3n) is 5.57. The lowest BCUT2D eigenvalue weighted by Crippen LogP contribution is -2.44. The Hall–Kier alpha value is -0.800. The zero-order chi connectivity index (χ0) is 14.1. The van der Waals surface area contributed by atoms with Crippen molar-refractivity contribution in [1.82, 2.24) is 9.80 Å². The van der Waals surface area contributed by atoms with Crippen molar-refractivity contribution < 1.29 is 4.42 Å². The predicted molar refractivity (Wildman–Crippen MR) is 84.3 cm³/mol. The first-order valence-corrected chi connectivity index (χ1v) is 8.85. The first-order chi connectivity index (χ1) is 10.4. The minimum absolute atomic E-state index is 0.841. The summed E-state index contributed by atoms with van der Waals surface area (Å²) >= 11 is 0. The highest BCUT2D eigenvalue weighted by molar-refractivity contribution is 4.98. The van der Waals surface area contributed by atoms with Crippen LogP contribution in [0.15, 0.2) is 22.8 Å². The van der Waals surface area contributed by atoms with E-state index in [9.17, 15) is 0 Å². The van der Waals surface area contributed by atoms with E-state index >= 15 is 0 Å². The summed E-state index contributed by atoms with van der Waals surface area (Å²) in [6, 6.07) is 4.94. The molecule has 1 aromatic rings. The molecular formula is C18H28N2O. The van der Waals surface area contributed by atoms with Crippen LogP contribution in [0.2, 0.25) is 0 Å². The third kappa shape index (κ3) is 3.51. The molecule has 3 heteroatoms. The fourth-order valence-corrected chi connectivity index (χ4v) is 4.25. The largest absolute Gasteiger partial charge is 0.469 e. The monoisotopic (exact) mass is 288 g/mol. The predicted octanol–water partition coefficient (Wildman–Crippen LogP) is 3.02. The van der Waals surface area contributed by atoms with Crippen molar-refractivity contribution in [2.75, 3.05) is 32.7 Å². The standard InChI is InChI=1S/C18H28N2O/c1(3-18-4-2-10-21-18)9-19-11-16-7-8-17(14-19)20(13-16)12-15-5-6-15/h2,4,10,15-17H,1,3,5-9,11-14H2/t16-,17+/m0/s1. The van der Waals surface area contributed by atoms with Gasteiger partial charge in [0, 0.05) is 38.6 Å². The second-order valence-electron chi connectivity index (χ2n) is 7.44. The smallest absolute Gasteiger partial charge is 0.103 e. The van der Waals surface area contributed by atoms with Crippen molar-refractivity contribution in [3.63, 3.8) is 0 Å². The second kappa shape index (κ2) is 6.13. The summed E-state index contributed by atoms with van der Waals surface area (Å²) in [5.41, 5.74) is 0. The van der Waals surface area contributed by atoms with E-state index in [-0.39, 0.29) is 0 Å². The van der Waals surface area contributed by atoms with Gasteiger partial charge in [-0.15, -0.1) is 0 Å². The molecule has 3 nitrogen and oxygen atoms in total. The zero-order valence-corrected chi connectivity index (χ0v) is 13.0. The highest BCUT2D eigenvalue weighted by Crippen LogP contribution is 2.34. The molecule has 4 fully saturated rings. The Morgan fingerprint density at radius 1 is 1.10 bits per heavy atom. The number of hydrogen-bond acceptors (Lipinski definition) is 3. The molecule has 3 saturated heterocycles. The quantitative estimate of drug-likeness (QED) is 0.802. The Morgan fingerprint density at radius 2 is 2.05 bits per heavy atom. The van der Waals surface area contributed by atoms with Gasteiger partial charge in [0.15, 0.2) is 0 Å². The van der Waals surface area contributed by atoms with Crippen LogP contribution in [0.1, 0.15) is 37.9 Å². The van der Waals surface area contributed by atoms with Crippen molar-refractivity contribution in [2.45, 2.75) is 44.6 Å². The number of nitrogens with zero attached hydrogens (tertiary/aromatic N) is 2. The SMILES string of the molecule is c1coc(CCCN2C[C@@H]3CC[C@H](C2)N(CC2CC2)C3)c1. The normalized spacial score (nSPS) is 30.7. The third-order valence-corrected chi connectivity index (χ3v) is 5.57. The van der Waals surface area contributed by atoms with Gasteiger partial charge >= 0.3 is 0 Å². The fourth-order valence-electron chi connectivity index (χ4n) is 4.25. The molecule has 1 aliphatic carbocycles. The molecule has 2 bridgehead atoms. The fraction of sp³-hybridized carbons (Fsp3) is 0.778. The molecule has 0 N–H and O–H groups in total. The number of aryl methyl sites for hydroxylation is 1. The van der Waals surface area contributed by atoms with Crippen LogP contribution in [0, 0.1) is 11.8 Å². The maximum Gasteiger partial charge on any atom is 0.103 e. The molecule has 0 aromatic carbocycles. The van der Waals surface area contributed by atoms with Crippen LogP contribution < -0.4 is 0 Å². The Labute approximate surface area is 128 Å². The van der Waals surface area contributed by atoms with Gasteiger partial charge in [-0.1, -0.05) is 0 Å². The first kappa shape index (κ1) is 13.8. The Balaban J connectivity index is 1.28. The van der Waals surface area contributed by atoms with Crippen molar-refractivity contribution in [2.24, 2.45) is 11.8 Å². The summed E-state index contributed by atoms with van der Waals surface area (Å²) in [7, 11) is 0. The van der Waals surface area contributed by atoms with E-state index < -0.39 is 0 Å². The molecule has 1 aromatic heterocycles. The van der Waals surface area contributed by atoms with Gasteiger partial charge in [-0.2, -0.15) is 0 Å². The summed E-state index contributed by atoms with van der Waals surface area (Å²) in [5.74, 6) is 3.10. The average Bonchev–Trinajstić information content (AvgIpc) is 3.22.